The van der Waals surface area contributed by atoms with Gasteiger partial charge in [0.2, 0.25) is 0 Å². The molecule has 0 amide bonds. The third kappa shape index (κ3) is 7.70. The average molecular weight is 604 g/mol. The zero-order valence-corrected chi connectivity index (χ0v) is 23.6. The predicted molar refractivity (Wildman–Crippen MR) is 158 cm³/mol. The molecule has 0 unspecified atom stereocenters. The summed E-state index contributed by atoms with van der Waals surface area (Å²) in [5.74, 6) is -1.24. The van der Waals surface area contributed by atoms with Crippen LogP contribution in [-0.2, 0) is 0 Å². The highest BCUT2D eigenvalue weighted by atomic mass is 16.5. The Balaban J connectivity index is 1.15. The number of aromatic carboxylic acids is 2. The van der Waals surface area contributed by atoms with Crippen molar-refractivity contribution in [2.24, 2.45) is 0 Å². The molecule has 0 radical (unpaired) electrons. The first-order chi connectivity index (χ1) is 21.6. The smallest absolute Gasteiger partial charge is 0.343 e. The highest BCUT2D eigenvalue weighted by molar-refractivity contribution is 5.92. The number of carbonyl (C=O) groups is 4. The molecule has 5 rings (SSSR count). The lowest BCUT2D eigenvalue weighted by atomic mass is 10.2. The third-order valence-electron chi connectivity index (χ3n) is 6.40. The number of aryl methyl sites for hydroxylation is 1. The monoisotopic (exact) mass is 603 g/mol. The van der Waals surface area contributed by atoms with Gasteiger partial charge < -0.3 is 34.0 Å². The van der Waals surface area contributed by atoms with Gasteiger partial charge in [-0.05, 0) is 133 Å². The number of ether oxygens (including phenoxy) is 4. The van der Waals surface area contributed by atoms with Crippen LogP contribution in [-0.4, -0.2) is 29.0 Å². The van der Waals surface area contributed by atoms with Gasteiger partial charge in [-0.15, -0.1) is 0 Å². The van der Waals surface area contributed by atoms with Crippen molar-refractivity contribution >= 4 is 23.9 Å². The summed E-state index contributed by atoms with van der Waals surface area (Å²) < 4.78 is 22.4. The van der Waals surface area contributed by atoms with Crippen LogP contribution in [0.3, 0.4) is 0 Å². The van der Waals surface area contributed by atoms with Crippen molar-refractivity contribution in [3.63, 3.8) is 0 Å². The molecule has 0 aliphatic rings. The topological polar surface area (TPSA) is 148 Å². The van der Waals surface area contributed by atoms with Crippen molar-refractivity contribution in [2.45, 2.75) is 6.92 Å². The summed E-state index contributed by atoms with van der Waals surface area (Å²) in [6, 6.07) is 28.7. The fourth-order valence-electron chi connectivity index (χ4n) is 4.04. The van der Waals surface area contributed by atoms with Crippen LogP contribution in [0.2, 0.25) is 0 Å². The molecule has 45 heavy (non-hydrogen) atoms. The van der Waals surface area contributed by atoms with E-state index in [1.807, 2.05) is 0 Å². The van der Waals surface area contributed by atoms with E-state index in [4.69, 9.17) is 24.1 Å². The van der Waals surface area contributed by atoms with E-state index in [9.17, 15) is 24.3 Å². The van der Waals surface area contributed by atoms with E-state index >= 15 is 0 Å². The zero-order chi connectivity index (χ0) is 31.9. The molecule has 0 aliphatic heterocycles. The van der Waals surface area contributed by atoms with Crippen molar-refractivity contribution in [1.29, 1.82) is 0 Å². The van der Waals surface area contributed by atoms with Crippen LogP contribution in [0.4, 0.5) is 0 Å². The lowest BCUT2D eigenvalue weighted by Crippen LogP contribution is -2.21. The number of esters is 2. The summed E-state index contributed by atoms with van der Waals surface area (Å²) in [4.78, 5) is 47.3. The van der Waals surface area contributed by atoms with Crippen LogP contribution in [0.15, 0.2) is 115 Å². The van der Waals surface area contributed by atoms with E-state index in [0.29, 0.717) is 28.6 Å². The Kier molecular flexibility index (Phi) is 8.86. The second-order valence-corrected chi connectivity index (χ2v) is 9.60. The second kappa shape index (κ2) is 13.3. The molecular weight excluding hydrogens is 580 g/mol. The molecular formula is C35H23O10-. The number of rotatable bonds is 10. The summed E-state index contributed by atoms with van der Waals surface area (Å²) in [6.45, 7) is 1.71. The van der Waals surface area contributed by atoms with Crippen molar-refractivity contribution in [3.05, 3.63) is 143 Å². The summed E-state index contributed by atoms with van der Waals surface area (Å²) in [6.07, 6.45) is 0. The molecule has 0 bridgehead atoms. The Bertz CT molecular complexity index is 1860. The Morgan fingerprint density at radius 2 is 0.889 bits per heavy atom. The molecule has 0 saturated carbocycles. The van der Waals surface area contributed by atoms with E-state index in [2.05, 4.69) is 0 Å². The van der Waals surface area contributed by atoms with Crippen molar-refractivity contribution in [1.82, 2.24) is 0 Å². The maximum absolute atomic E-state index is 12.7. The molecule has 0 atom stereocenters. The quantitative estimate of drug-likeness (QED) is 0.147. The lowest BCUT2D eigenvalue weighted by Gasteiger charge is -2.11. The molecule has 5 aromatic carbocycles. The SMILES string of the molecule is Cc1cc(OC(=O)c2ccc(Oc3ccc(C(=O)O)cc3)cc2)ccc1OC(=O)c1ccc(Oc2ccc(C(=O)[O-])cc2)cc1. The van der Waals surface area contributed by atoms with Gasteiger partial charge in [-0.25, -0.2) is 14.4 Å². The van der Waals surface area contributed by atoms with E-state index < -0.39 is 23.9 Å². The molecule has 1 N–H and O–H groups in total. The fourth-order valence-corrected chi connectivity index (χ4v) is 4.04. The standard InChI is InChI=1S/C35H24O10/c1-21-20-30(44-34(40)24-6-14-28(15-7-24)42-26-10-2-22(3-11-26)32(36)37)18-19-31(21)45-35(41)25-8-16-29(17-9-25)43-27-12-4-23(5-13-27)33(38)39/h2-20H,1H3,(H,36,37)(H,38,39)/p-1. The van der Waals surface area contributed by atoms with Gasteiger partial charge >= 0.3 is 17.9 Å². The van der Waals surface area contributed by atoms with Crippen molar-refractivity contribution in [2.75, 3.05) is 0 Å². The summed E-state index contributed by atoms with van der Waals surface area (Å²) >= 11 is 0. The van der Waals surface area contributed by atoms with Crippen LogP contribution >= 0.6 is 0 Å². The average Bonchev–Trinajstić information content (AvgIpc) is 3.03. The third-order valence-corrected chi connectivity index (χ3v) is 6.40. The number of benzene rings is 5. The van der Waals surface area contributed by atoms with E-state index in [1.165, 1.54) is 84.9 Å². The van der Waals surface area contributed by atoms with Gasteiger partial charge in [0.25, 0.3) is 0 Å². The second-order valence-electron chi connectivity index (χ2n) is 9.60. The van der Waals surface area contributed by atoms with Crippen LogP contribution in [0.5, 0.6) is 34.5 Å². The zero-order valence-electron chi connectivity index (χ0n) is 23.6. The molecule has 0 spiro atoms. The van der Waals surface area contributed by atoms with Crippen molar-refractivity contribution in [3.8, 4) is 34.5 Å². The van der Waals surface area contributed by atoms with Gasteiger partial charge in [0.05, 0.1) is 22.7 Å². The van der Waals surface area contributed by atoms with Gasteiger partial charge in [-0.2, -0.15) is 0 Å². The molecule has 0 fully saturated rings. The summed E-state index contributed by atoms with van der Waals surface area (Å²) in [5, 5.41) is 19.9. The van der Waals surface area contributed by atoms with Crippen LogP contribution in [0.1, 0.15) is 47.0 Å². The number of carboxylic acid groups (broad SMARTS) is 2. The van der Waals surface area contributed by atoms with Crippen LogP contribution in [0.25, 0.3) is 0 Å². The molecule has 224 valence electrons. The molecule has 5 aromatic rings. The predicted octanol–water partition coefficient (Wildman–Crippen LogP) is 6.08. The molecule has 0 saturated heterocycles. The minimum atomic E-state index is -1.28. The maximum atomic E-state index is 12.7. The van der Waals surface area contributed by atoms with E-state index in [1.54, 1.807) is 37.3 Å². The molecule has 0 aliphatic carbocycles. The van der Waals surface area contributed by atoms with Gasteiger partial charge in [-0.1, -0.05) is 0 Å². The Labute approximate surface area is 256 Å². The molecule has 0 heterocycles. The minimum Gasteiger partial charge on any atom is -0.545 e. The fraction of sp³-hybridized carbons (Fsp3) is 0.0286. The first kappa shape index (κ1) is 30.1. The normalized spacial score (nSPS) is 10.4. The number of hydrogen-bond donors (Lipinski definition) is 1. The van der Waals surface area contributed by atoms with E-state index in [0.717, 1.165) is 0 Å². The molecule has 10 heteroatoms. The number of carbonyl (C=O) groups excluding carboxylic acids is 3. The number of hydrogen-bond acceptors (Lipinski definition) is 9. The lowest BCUT2D eigenvalue weighted by molar-refractivity contribution is -0.255. The maximum Gasteiger partial charge on any atom is 0.343 e. The highest BCUT2D eigenvalue weighted by Gasteiger charge is 2.14. The van der Waals surface area contributed by atoms with Gasteiger partial charge in [0.1, 0.15) is 34.5 Å². The van der Waals surface area contributed by atoms with Gasteiger partial charge in [0.15, 0.2) is 0 Å². The molecule has 10 nitrogen and oxygen atoms in total. The summed E-state index contributed by atoms with van der Waals surface area (Å²) in [5.41, 5.74) is 1.28. The van der Waals surface area contributed by atoms with Gasteiger partial charge in [-0.3, -0.25) is 0 Å². The van der Waals surface area contributed by atoms with Crippen LogP contribution < -0.4 is 24.1 Å². The van der Waals surface area contributed by atoms with Crippen LogP contribution in [0, 0.1) is 6.92 Å². The van der Waals surface area contributed by atoms with Gasteiger partial charge in [0, 0.05) is 0 Å². The Hall–Kier alpha value is -6.42. The van der Waals surface area contributed by atoms with Crippen molar-refractivity contribution < 1.29 is 48.3 Å². The minimum absolute atomic E-state index is 0.0316. The van der Waals surface area contributed by atoms with E-state index in [-0.39, 0.29) is 33.8 Å². The highest BCUT2D eigenvalue weighted by Crippen LogP contribution is 2.27. The summed E-state index contributed by atoms with van der Waals surface area (Å²) in [7, 11) is 0. The largest absolute Gasteiger partial charge is 0.545 e. The first-order valence-electron chi connectivity index (χ1n) is 13.4. The Morgan fingerprint density at radius 3 is 1.29 bits per heavy atom. The Morgan fingerprint density at radius 1 is 0.511 bits per heavy atom. The molecule has 0 aromatic heterocycles. The first-order valence-corrected chi connectivity index (χ1v) is 13.4. The number of carboxylic acids is 2.